The van der Waals surface area contributed by atoms with E-state index in [0.29, 0.717) is 12.7 Å². The van der Waals surface area contributed by atoms with Gasteiger partial charge in [0.2, 0.25) is 0 Å². The molecule has 0 saturated carbocycles. The van der Waals surface area contributed by atoms with Crippen molar-refractivity contribution in [2.75, 3.05) is 0 Å². The summed E-state index contributed by atoms with van der Waals surface area (Å²) in [5.41, 5.74) is 0. The summed E-state index contributed by atoms with van der Waals surface area (Å²) in [6, 6.07) is 0. The molecule has 0 fully saturated rings. The molecule has 0 aliphatic heterocycles. The van der Waals surface area contributed by atoms with E-state index in [1.165, 1.54) is 0 Å². The molecule has 0 atom stereocenters. The van der Waals surface area contributed by atoms with Gasteiger partial charge in [-0.3, -0.25) is 0 Å². The SMILES string of the molecule is [Cl][Cr][Cl].[Cl][Ni][Cl]. The van der Waals surface area contributed by atoms with Crippen molar-refractivity contribution in [3.8, 4) is 0 Å². The van der Waals surface area contributed by atoms with E-state index in [2.05, 4.69) is 0 Å². The number of hydrogen-bond donors (Lipinski definition) is 0. The quantitative estimate of drug-likeness (QED) is 0.582. The van der Waals surface area contributed by atoms with Crippen LogP contribution in [0.1, 0.15) is 0 Å². The fraction of sp³-hybridized carbons (Fsp3) is 0. The van der Waals surface area contributed by atoms with Crippen LogP contribution in [0.2, 0.25) is 0 Å². The predicted octanol–water partition coefficient (Wildman–Crippen LogP) is 2.75. The van der Waals surface area contributed by atoms with E-state index in [9.17, 15) is 0 Å². The second-order valence-corrected chi connectivity index (χ2v) is 3.84. The zero-order valence-electron chi connectivity index (χ0n) is 2.24. The van der Waals surface area contributed by atoms with E-state index >= 15 is 0 Å². The molecule has 44 valence electrons. The van der Waals surface area contributed by atoms with Crippen LogP contribution in [-0.2, 0) is 26.0 Å². The molecule has 6 heteroatoms. The third kappa shape index (κ3) is 34.8. The molecule has 0 spiro atoms. The fourth-order valence-electron chi connectivity index (χ4n) is 0. The maximum absolute atomic E-state index is 4.83. The Kier molecular flexibility index (Phi) is 28.9. The van der Waals surface area contributed by atoms with Crippen LogP contribution in [0, 0.1) is 0 Å². The van der Waals surface area contributed by atoms with Crippen molar-refractivity contribution in [3.63, 3.8) is 0 Å². The van der Waals surface area contributed by atoms with Gasteiger partial charge in [0.05, 0.1) is 0 Å². The van der Waals surface area contributed by atoms with Crippen LogP contribution in [0.4, 0.5) is 0 Å². The van der Waals surface area contributed by atoms with E-state index in [0.717, 1.165) is 0 Å². The monoisotopic (exact) mass is 250 g/mol. The fourth-order valence-corrected chi connectivity index (χ4v) is 0. The van der Waals surface area contributed by atoms with Gasteiger partial charge < -0.3 is 0 Å². The molecule has 0 bridgehead atoms. The van der Waals surface area contributed by atoms with Crippen LogP contribution in [0.25, 0.3) is 0 Å². The summed E-state index contributed by atoms with van der Waals surface area (Å²) in [5.74, 6) is 0. The molecule has 0 radical (unpaired) electrons. The van der Waals surface area contributed by atoms with Gasteiger partial charge in [0, 0.05) is 0 Å². The van der Waals surface area contributed by atoms with Crippen molar-refractivity contribution in [2.45, 2.75) is 0 Å². The van der Waals surface area contributed by atoms with Gasteiger partial charge in [0.25, 0.3) is 0 Å². The average Bonchev–Trinajstić information content (AvgIpc) is 1.39. The summed E-state index contributed by atoms with van der Waals surface area (Å²) >= 11 is 0.389. The Labute approximate surface area is 65.9 Å². The van der Waals surface area contributed by atoms with E-state index in [1.54, 1.807) is 0 Å². The molecule has 0 aromatic rings. The van der Waals surface area contributed by atoms with Crippen molar-refractivity contribution >= 4 is 40.5 Å². The van der Waals surface area contributed by atoms with Gasteiger partial charge in [-0.25, -0.2) is 0 Å². The summed E-state index contributed by atoms with van der Waals surface area (Å²) in [4.78, 5) is 0. The molecule has 0 rings (SSSR count). The summed E-state index contributed by atoms with van der Waals surface area (Å²) in [6.45, 7) is 0. The third-order valence-electron chi connectivity index (χ3n) is 0. The van der Waals surface area contributed by atoms with E-state index in [-0.39, 0.29) is 13.4 Å². The summed E-state index contributed by atoms with van der Waals surface area (Å²) in [6.07, 6.45) is 0. The standard InChI is InChI=1S/4ClH.Cr.Ni/h4*1H;;/q;;;;2*+2/p-4. The topological polar surface area (TPSA) is 0 Å². The Bertz CT molecular complexity index is 9.51. The Hall–Kier alpha value is 2.19. The molecular formula is Cl4CrNi. The third-order valence-corrected chi connectivity index (χ3v) is 0. The molecule has 0 N–H and O–H groups in total. The number of rotatable bonds is 0. The van der Waals surface area contributed by atoms with E-state index < -0.39 is 0 Å². The van der Waals surface area contributed by atoms with Gasteiger partial charge in [-0.05, 0) is 0 Å². The predicted molar refractivity (Wildman–Crippen MR) is 23.4 cm³/mol. The van der Waals surface area contributed by atoms with Gasteiger partial charge in [-0.1, -0.05) is 0 Å². The van der Waals surface area contributed by atoms with Crippen LogP contribution >= 0.6 is 40.5 Å². The Balaban J connectivity index is 0. The number of halogens is 4. The normalized spacial score (nSPS) is 6.67. The molecule has 0 heterocycles. The van der Waals surface area contributed by atoms with Crippen molar-refractivity contribution < 1.29 is 26.0 Å². The zero-order chi connectivity index (χ0) is 5.41. The summed E-state index contributed by atoms with van der Waals surface area (Å²) < 4.78 is 0. The van der Waals surface area contributed by atoms with Gasteiger partial charge in [0.15, 0.2) is 0 Å². The Morgan fingerprint density at radius 2 is 1.17 bits per heavy atom. The van der Waals surface area contributed by atoms with Crippen molar-refractivity contribution in [1.29, 1.82) is 0 Å². The van der Waals surface area contributed by atoms with Crippen LogP contribution in [0.15, 0.2) is 0 Å². The van der Waals surface area contributed by atoms with Gasteiger partial charge in [0.1, 0.15) is 0 Å². The average molecular weight is 253 g/mol. The first-order chi connectivity index (χ1) is 2.83. The van der Waals surface area contributed by atoms with Crippen molar-refractivity contribution in [2.24, 2.45) is 0 Å². The second-order valence-electron chi connectivity index (χ2n) is 0.103. The molecule has 0 aliphatic rings. The first-order valence-corrected chi connectivity index (χ1v) is 6.77. The molecule has 0 aromatic carbocycles. The second kappa shape index (κ2) is 15.7. The molecule has 6 heavy (non-hydrogen) atoms. The van der Waals surface area contributed by atoms with E-state index in [4.69, 9.17) is 40.5 Å². The zero-order valence-corrected chi connectivity index (χ0v) is 7.52. The van der Waals surface area contributed by atoms with Crippen LogP contribution in [0.3, 0.4) is 0 Å². The maximum atomic E-state index is 4.83. The van der Waals surface area contributed by atoms with Crippen molar-refractivity contribution in [3.05, 3.63) is 0 Å². The summed E-state index contributed by atoms with van der Waals surface area (Å²) in [7, 11) is 19.1. The minimum atomic E-state index is -0.181. The summed E-state index contributed by atoms with van der Waals surface area (Å²) in [5, 5.41) is 0. The minimum absolute atomic E-state index is 0.181. The van der Waals surface area contributed by atoms with Gasteiger partial charge >= 0.3 is 66.5 Å². The molecule has 0 unspecified atom stereocenters. The number of hydrogen-bond acceptors (Lipinski definition) is 0. The Morgan fingerprint density at radius 3 is 1.17 bits per heavy atom. The van der Waals surface area contributed by atoms with E-state index in [1.807, 2.05) is 0 Å². The molecular weight excluding hydrogens is 253 g/mol. The van der Waals surface area contributed by atoms with Gasteiger partial charge in [-0.15, -0.1) is 0 Å². The van der Waals surface area contributed by atoms with Crippen LogP contribution < -0.4 is 0 Å². The Morgan fingerprint density at radius 1 is 1.17 bits per heavy atom. The van der Waals surface area contributed by atoms with Crippen LogP contribution in [0.5, 0.6) is 0 Å². The molecule has 0 amide bonds. The van der Waals surface area contributed by atoms with Crippen LogP contribution in [-0.4, -0.2) is 0 Å². The molecule has 0 nitrogen and oxygen atoms in total. The first-order valence-electron chi connectivity index (χ1n) is 0.548. The molecule has 0 aliphatic carbocycles. The first kappa shape index (κ1) is 11.0. The van der Waals surface area contributed by atoms with Crippen molar-refractivity contribution in [1.82, 2.24) is 0 Å². The molecule has 0 aromatic heterocycles. The molecule has 0 saturated heterocycles. The van der Waals surface area contributed by atoms with Gasteiger partial charge in [-0.2, -0.15) is 0 Å².